The Morgan fingerprint density at radius 1 is 0.976 bits per heavy atom. The van der Waals surface area contributed by atoms with Gasteiger partial charge in [0, 0.05) is 16.4 Å². The molecule has 0 N–H and O–H groups in total. The van der Waals surface area contributed by atoms with E-state index in [1.54, 1.807) is 13.2 Å². The Hall–Kier alpha value is -4.74. The van der Waals surface area contributed by atoms with Crippen LogP contribution in [0.3, 0.4) is 0 Å². The van der Waals surface area contributed by atoms with Crippen molar-refractivity contribution in [3.05, 3.63) is 93.9 Å². The van der Waals surface area contributed by atoms with E-state index in [4.69, 9.17) is 9.47 Å². The Labute approximate surface area is 245 Å². The molecule has 42 heavy (non-hydrogen) atoms. The summed E-state index contributed by atoms with van der Waals surface area (Å²) in [6.07, 6.45) is 4.54. The van der Waals surface area contributed by atoms with Crippen LogP contribution in [0.1, 0.15) is 39.5 Å². The van der Waals surface area contributed by atoms with Gasteiger partial charge in [0.1, 0.15) is 22.6 Å². The summed E-state index contributed by atoms with van der Waals surface area (Å²) in [6.45, 7) is 0. The molecule has 3 heterocycles. The largest absolute Gasteiger partial charge is 0.497 e. The number of methoxy groups -OCH3 is 1. The predicted octanol–water partition coefficient (Wildman–Crippen LogP) is 5.79. The van der Waals surface area contributed by atoms with E-state index in [0.29, 0.717) is 27.6 Å². The van der Waals surface area contributed by atoms with Crippen LogP contribution in [0.5, 0.6) is 11.5 Å². The lowest BCUT2D eigenvalue weighted by atomic mass is 9.64. The van der Waals surface area contributed by atoms with Gasteiger partial charge in [-0.3, -0.25) is 14.4 Å². The second kappa shape index (κ2) is 9.13. The number of carbonyl (C=O) groups is 3. The molecule has 4 aromatic rings. The number of hydrogen-bond donors (Lipinski definition) is 0. The van der Waals surface area contributed by atoms with Crippen LogP contribution in [0.25, 0.3) is 16.3 Å². The van der Waals surface area contributed by atoms with E-state index < -0.39 is 35.5 Å². The number of hydrogen-bond acceptors (Lipinski definition) is 7. The maximum Gasteiger partial charge on any atom is 0.319 e. The number of rotatable bonds is 3. The summed E-state index contributed by atoms with van der Waals surface area (Å²) < 4.78 is 11.3. The Kier molecular flexibility index (Phi) is 5.44. The van der Waals surface area contributed by atoms with Crippen LogP contribution in [-0.2, 0) is 27.2 Å². The fraction of sp³-hybridized carbons (Fsp3) is 0.235. The highest BCUT2D eigenvalue weighted by molar-refractivity contribution is 7.17. The van der Waals surface area contributed by atoms with Crippen molar-refractivity contribution in [2.75, 3.05) is 12.0 Å². The molecule has 1 aromatic heterocycles. The normalized spacial score (nSPS) is 24.0. The molecule has 2 aliphatic heterocycles. The fourth-order valence-corrected chi connectivity index (χ4v) is 8.70. The number of thiophene rings is 1. The van der Waals surface area contributed by atoms with Gasteiger partial charge >= 0.3 is 5.97 Å². The van der Waals surface area contributed by atoms with Crippen molar-refractivity contribution < 1.29 is 23.9 Å². The monoisotopic (exact) mass is 572 g/mol. The predicted molar refractivity (Wildman–Crippen MR) is 157 cm³/mol. The zero-order valence-electron chi connectivity index (χ0n) is 22.6. The molecule has 8 heteroatoms. The van der Waals surface area contributed by atoms with Crippen molar-refractivity contribution in [2.45, 2.75) is 25.2 Å². The van der Waals surface area contributed by atoms with Crippen LogP contribution in [0, 0.1) is 29.1 Å². The zero-order chi connectivity index (χ0) is 28.7. The van der Waals surface area contributed by atoms with E-state index in [-0.39, 0.29) is 5.91 Å². The molecule has 1 saturated heterocycles. The Morgan fingerprint density at radius 2 is 1.76 bits per heavy atom. The van der Waals surface area contributed by atoms with Crippen LogP contribution in [0.4, 0.5) is 5.00 Å². The number of ether oxygens (including phenoxy) is 2. The Balaban J connectivity index is 1.35. The molecule has 0 saturated carbocycles. The number of carbonyl (C=O) groups excluding carboxylic acids is 3. The maximum absolute atomic E-state index is 14.4. The van der Waals surface area contributed by atoms with E-state index >= 15 is 0 Å². The number of allylic oxidation sites excluding steroid dienone is 1. The summed E-state index contributed by atoms with van der Waals surface area (Å²) in [5.41, 5.74) is 3.67. The van der Waals surface area contributed by atoms with Crippen LogP contribution < -0.4 is 14.4 Å². The first-order chi connectivity index (χ1) is 20.5. The number of aryl methyl sites for hydroxylation is 1. The highest BCUT2D eigenvalue weighted by atomic mass is 32.1. The van der Waals surface area contributed by atoms with E-state index in [1.165, 1.54) is 16.2 Å². The highest BCUT2D eigenvalue weighted by Crippen LogP contribution is 2.57. The number of amides is 2. The molecule has 0 radical (unpaired) electrons. The van der Waals surface area contributed by atoms with Gasteiger partial charge < -0.3 is 9.47 Å². The van der Waals surface area contributed by atoms with Crippen molar-refractivity contribution >= 4 is 50.5 Å². The molecule has 8 rings (SSSR count). The van der Waals surface area contributed by atoms with E-state index in [9.17, 15) is 19.6 Å². The molecule has 7 nitrogen and oxygen atoms in total. The third-order valence-corrected chi connectivity index (χ3v) is 10.5. The summed E-state index contributed by atoms with van der Waals surface area (Å²) in [5.74, 6) is -3.46. The fourth-order valence-electron chi connectivity index (χ4n) is 7.35. The SMILES string of the molecule is COc1ccc([C@@H]2C=C3c4c(ccc5ccccc45)OC(=O)[C@@H]3[C@H]3C(=O)N(c4sc5c(c4C#N)CCC5)C(=O)[C@H]32)cc1. The van der Waals surface area contributed by atoms with Crippen LogP contribution in [-0.4, -0.2) is 24.9 Å². The molecule has 0 spiro atoms. The van der Waals surface area contributed by atoms with Gasteiger partial charge in [-0.2, -0.15) is 5.26 Å². The first-order valence-electron chi connectivity index (χ1n) is 14.0. The van der Waals surface area contributed by atoms with E-state index in [1.807, 2.05) is 60.7 Å². The van der Waals surface area contributed by atoms with Gasteiger partial charge in [0.25, 0.3) is 0 Å². The van der Waals surface area contributed by atoms with Crippen molar-refractivity contribution in [1.82, 2.24) is 0 Å². The second-order valence-electron chi connectivity index (χ2n) is 11.2. The Bertz CT molecular complexity index is 1930. The first-order valence-corrected chi connectivity index (χ1v) is 14.8. The minimum absolute atomic E-state index is 0.381. The lowest BCUT2D eigenvalue weighted by Crippen LogP contribution is -2.42. The minimum Gasteiger partial charge on any atom is -0.497 e. The van der Waals surface area contributed by atoms with Crippen LogP contribution >= 0.6 is 11.3 Å². The second-order valence-corrected chi connectivity index (χ2v) is 12.3. The summed E-state index contributed by atoms with van der Waals surface area (Å²) in [5, 5.41) is 12.4. The molecule has 2 amide bonds. The van der Waals surface area contributed by atoms with Crippen molar-refractivity contribution in [2.24, 2.45) is 17.8 Å². The summed E-state index contributed by atoms with van der Waals surface area (Å²) in [6, 6.07) is 21.3. The van der Waals surface area contributed by atoms with Gasteiger partial charge in [0.05, 0.1) is 30.4 Å². The standard InChI is InChI=1S/C34H24N2O5S/c1-40-19-12-9-18(10-13-19)22-15-23-27-20-6-3-2-5-17(20)11-14-25(27)41-34(39)29(23)30-28(22)31(37)36(32(30)38)33-24(16-35)21-7-4-8-26(21)42-33/h2-3,5-6,9-15,22,28-30H,4,7-8H2,1H3/t22-,28-,29-,30-/m0/s1. The molecule has 206 valence electrons. The number of fused-ring (bicyclic) bond motifs is 8. The smallest absolute Gasteiger partial charge is 0.319 e. The molecule has 4 atom stereocenters. The van der Waals surface area contributed by atoms with Crippen molar-refractivity contribution in [3.8, 4) is 17.6 Å². The molecule has 3 aromatic carbocycles. The van der Waals surface area contributed by atoms with Gasteiger partial charge in [-0.15, -0.1) is 11.3 Å². The third-order valence-electron chi connectivity index (χ3n) is 9.20. The van der Waals surface area contributed by atoms with Gasteiger partial charge in [-0.1, -0.05) is 48.5 Å². The number of esters is 1. The summed E-state index contributed by atoms with van der Waals surface area (Å²) in [4.78, 5) is 44.8. The van der Waals surface area contributed by atoms with Crippen molar-refractivity contribution in [1.29, 1.82) is 5.26 Å². The van der Waals surface area contributed by atoms with Gasteiger partial charge in [0.15, 0.2) is 0 Å². The molecule has 2 aliphatic carbocycles. The van der Waals surface area contributed by atoms with E-state index in [2.05, 4.69) is 6.07 Å². The zero-order valence-corrected chi connectivity index (χ0v) is 23.4. The highest BCUT2D eigenvalue weighted by Gasteiger charge is 2.61. The van der Waals surface area contributed by atoms with Gasteiger partial charge in [-0.25, -0.2) is 4.90 Å². The average molecular weight is 573 g/mol. The van der Waals surface area contributed by atoms with E-state index in [0.717, 1.165) is 51.6 Å². The van der Waals surface area contributed by atoms with Crippen molar-refractivity contribution in [3.63, 3.8) is 0 Å². The topological polar surface area (TPSA) is 96.7 Å². The minimum atomic E-state index is -0.965. The molecule has 1 fully saturated rings. The molecule has 0 bridgehead atoms. The number of anilines is 1. The number of benzene rings is 3. The maximum atomic E-state index is 14.4. The van der Waals surface area contributed by atoms with Crippen LogP contribution in [0.15, 0.2) is 66.7 Å². The average Bonchev–Trinajstić information content (AvgIpc) is 3.68. The first kappa shape index (κ1) is 25.0. The quantitative estimate of drug-likeness (QED) is 0.175. The summed E-state index contributed by atoms with van der Waals surface area (Å²) >= 11 is 1.36. The van der Waals surface area contributed by atoms with Gasteiger partial charge in [-0.05, 0) is 64.9 Å². The van der Waals surface area contributed by atoms with Gasteiger partial charge in [0.2, 0.25) is 11.8 Å². The Morgan fingerprint density at radius 3 is 2.55 bits per heavy atom. The third kappa shape index (κ3) is 3.34. The molecule has 4 aliphatic rings. The molecule has 0 unspecified atom stereocenters. The number of nitriles is 1. The summed E-state index contributed by atoms with van der Waals surface area (Å²) in [7, 11) is 1.59. The number of imide groups is 1. The molecular formula is C34H24N2O5S. The number of nitrogens with zero attached hydrogens (tertiary/aromatic N) is 2. The molecular weight excluding hydrogens is 548 g/mol. The lowest BCUT2D eigenvalue weighted by molar-refractivity contribution is -0.142. The van der Waals surface area contributed by atoms with Crippen LogP contribution in [0.2, 0.25) is 0 Å². The lowest BCUT2D eigenvalue weighted by Gasteiger charge is -2.38.